The molecule has 0 saturated heterocycles. The lowest BCUT2D eigenvalue weighted by Crippen LogP contribution is -2.22. The highest BCUT2D eigenvalue weighted by molar-refractivity contribution is 5.18. The van der Waals surface area contributed by atoms with Crippen molar-refractivity contribution >= 4 is 0 Å². The van der Waals surface area contributed by atoms with Crippen LogP contribution in [0.2, 0.25) is 0 Å². The second kappa shape index (κ2) is 5.69. The van der Waals surface area contributed by atoms with Crippen LogP contribution in [0.5, 0.6) is 0 Å². The first kappa shape index (κ1) is 12.6. The van der Waals surface area contributed by atoms with Gasteiger partial charge in [0.25, 0.3) is 0 Å². The minimum atomic E-state index is -0.308. The second-order valence-corrected chi connectivity index (χ2v) is 4.33. The monoisotopic (exact) mass is 245 g/mol. The third-order valence-corrected chi connectivity index (χ3v) is 2.93. The summed E-state index contributed by atoms with van der Waals surface area (Å²) in [5.41, 5.74) is 2.00. The standard InChI is InChI=1S/C14H16FN3/c1-10(12-3-5-16-6-4-12)18-11(2)13-7-14(15)9-17-8-13/h3-11,18H,1-2H3/t10-,11?/m1/s1. The van der Waals surface area contributed by atoms with E-state index in [1.807, 2.05) is 19.1 Å². The van der Waals surface area contributed by atoms with Crippen molar-refractivity contribution in [2.75, 3.05) is 0 Å². The quantitative estimate of drug-likeness (QED) is 0.899. The number of nitrogens with zero attached hydrogens (tertiary/aromatic N) is 2. The molecule has 4 heteroatoms. The first-order valence-electron chi connectivity index (χ1n) is 5.93. The average Bonchev–Trinajstić information content (AvgIpc) is 2.39. The zero-order valence-corrected chi connectivity index (χ0v) is 10.5. The van der Waals surface area contributed by atoms with Gasteiger partial charge in [0.05, 0.1) is 6.20 Å². The lowest BCUT2D eigenvalue weighted by Gasteiger charge is -2.20. The van der Waals surface area contributed by atoms with E-state index in [2.05, 4.69) is 22.2 Å². The van der Waals surface area contributed by atoms with Crippen molar-refractivity contribution in [3.05, 3.63) is 59.9 Å². The summed E-state index contributed by atoms with van der Waals surface area (Å²) >= 11 is 0. The molecule has 0 spiro atoms. The summed E-state index contributed by atoms with van der Waals surface area (Å²) in [5, 5.41) is 3.41. The number of halogens is 1. The Bertz CT molecular complexity index is 501. The zero-order valence-electron chi connectivity index (χ0n) is 10.5. The molecule has 0 fully saturated rings. The van der Waals surface area contributed by atoms with E-state index in [-0.39, 0.29) is 17.9 Å². The fourth-order valence-corrected chi connectivity index (χ4v) is 1.88. The minimum Gasteiger partial charge on any atom is -0.304 e. The smallest absolute Gasteiger partial charge is 0.141 e. The molecular weight excluding hydrogens is 229 g/mol. The first-order valence-corrected chi connectivity index (χ1v) is 5.93. The van der Waals surface area contributed by atoms with Gasteiger partial charge in [-0.2, -0.15) is 0 Å². The molecule has 2 heterocycles. The molecule has 0 saturated carbocycles. The SMILES string of the molecule is CC(N[C@H](C)c1ccncc1)c1cncc(F)c1. The Morgan fingerprint density at radius 1 is 1.00 bits per heavy atom. The summed E-state index contributed by atoms with van der Waals surface area (Å²) in [4.78, 5) is 7.85. The highest BCUT2D eigenvalue weighted by Gasteiger charge is 2.11. The molecule has 94 valence electrons. The van der Waals surface area contributed by atoms with Crippen molar-refractivity contribution in [2.24, 2.45) is 0 Å². The summed E-state index contributed by atoms with van der Waals surface area (Å²) in [6.45, 7) is 4.06. The lowest BCUT2D eigenvalue weighted by atomic mass is 10.1. The molecule has 0 aromatic carbocycles. The van der Waals surface area contributed by atoms with Gasteiger partial charge in [0.15, 0.2) is 0 Å². The molecule has 0 aliphatic heterocycles. The molecule has 18 heavy (non-hydrogen) atoms. The normalized spacial score (nSPS) is 14.2. The number of hydrogen-bond donors (Lipinski definition) is 1. The van der Waals surface area contributed by atoms with E-state index in [1.54, 1.807) is 18.6 Å². The van der Waals surface area contributed by atoms with E-state index in [0.29, 0.717) is 0 Å². The Morgan fingerprint density at radius 2 is 1.67 bits per heavy atom. The summed E-state index contributed by atoms with van der Waals surface area (Å²) in [6.07, 6.45) is 6.42. The predicted molar refractivity (Wildman–Crippen MR) is 68.4 cm³/mol. The van der Waals surface area contributed by atoms with E-state index in [1.165, 1.54) is 12.3 Å². The largest absolute Gasteiger partial charge is 0.304 e. The van der Waals surface area contributed by atoms with Crippen LogP contribution >= 0.6 is 0 Å². The Balaban J connectivity index is 2.05. The molecule has 2 rings (SSSR count). The van der Waals surface area contributed by atoms with Crippen LogP contribution in [0.1, 0.15) is 37.1 Å². The maximum absolute atomic E-state index is 13.1. The number of nitrogens with one attached hydrogen (secondary N) is 1. The Labute approximate surface area is 106 Å². The van der Waals surface area contributed by atoms with Crippen molar-refractivity contribution in [1.29, 1.82) is 0 Å². The number of aromatic nitrogens is 2. The van der Waals surface area contributed by atoms with Crippen LogP contribution in [0.3, 0.4) is 0 Å². The molecule has 0 amide bonds. The zero-order chi connectivity index (χ0) is 13.0. The molecule has 2 aromatic rings. The van der Waals surface area contributed by atoms with Crippen LogP contribution in [0.15, 0.2) is 43.0 Å². The first-order chi connectivity index (χ1) is 8.66. The number of rotatable bonds is 4. The molecule has 3 nitrogen and oxygen atoms in total. The third kappa shape index (κ3) is 3.11. The molecular formula is C14H16FN3. The van der Waals surface area contributed by atoms with Crippen molar-refractivity contribution in [3.8, 4) is 0 Å². The maximum Gasteiger partial charge on any atom is 0.141 e. The molecule has 1 N–H and O–H groups in total. The fraction of sp³-hybridized carbons (Fsp3) is 0.286. The van der Waals surface area contributed by atoms with Crippen LogP contribution < -0.4 is 5.32 Å². The van der Waals surface area contributed by atoms with Crippen LogP contribution in [-0.4, -0.2) is 9.97 Å². The van der Waals surface area contributed by atoms with Gasteiger partial charge >= 0.3 is 0 Å². The van der Waals surface area contributed by atoms with Crippen molar-refractivity contribution in [2.45, 2.75) is 25.9 Å². The van der Waals surface area contributed by atoms with Gasteiger partial charge in [-0.3, -0.25) is 9.97 Å². The topological polar surface area (TPSA) is 37.8 Å². The van der Waals surface area contributed by atoms with Crippen molar-refractivity contribution < 1.29 is 4.39 Å². The highest BCUT2D eigenvalue weighted by Crippen LogP contribution is 2.18. The van der Waals surface area contributed by atoms with Gasteiger partial charge in [-0.05, 0) is 43.2 Å². The Hall–Kier alpha value is -1.81. The van der Waals surface area contributed by atoms with Gasteiger partial charge in [0.1, 0.15) is 5.82 Å². The molecule has 2 aromatic heterocycles. The summed E-state index contributed by atoms with van der Waals surface area (Å²) in [7, 11) is 0. The Kier molecular flexibility index (Phi) is 3.99. The Morgan fingerprint density at radius 3 is 2.33 bits per heavy atom. The molecule has 0 aliphatic carbocycles. The number of pyridine rings is 2. The van der Waals surface area contributed by atoms with Crippen LogP contribution in [0.25, 0.3) is 0 Å². The molecule has 2 atom stereocenters. The van der Waals surface area contributed by atoms with E-state index >= 15 is 0 Å². The molecule has 0 aliphatic rings. The highest BCUT2D eigenvalue weighted by atomic mass is 19.1. The van der Waals surface area contributed by atoms with Gasteiger partial charge in [0, 0.05) is 30.7 Å². The van der Waals surface area contributed by atoms with Gasteiger partial charge in [-0.1, -0.05) is 0 Å². The minimum absolute atomic E-state index is 0.0383. The third-order valence-electron chi connectivity index (χ3n) is 2.93. The maximum atomic E-state index is 13.1. The van der Waals surface area contributed by atoms with Crippen LogP contribution in [0.4, 0.5) is 4.39 Å². The lowest BCUT2D eigenvalue weighted by molar-refractivity contribution is 0.490. The van der Waals surface area contributed by atoms with Gasteiger partial charge in [-0.15, -0.1) is 0 Å². The van der Waals surface area contributed by atoms with E-state index in [9.17, 15) is 4.39 Å². The van der Waals surface area contributed by atoms with Crippen molar-refractivity contribution in [1.82, 2.24) is 15.3 Å². The van der Waals surface area contributed by atoms with Gasteiger partial charge < -0.3 is 5.32 Å². The van der Waals surface area contributed by atoms with E-state index in [4.69, 9.17) is 0 Å². The van der Waals surface area contributed by atoms with Gasteiger partial charge in [0.2, 0.25) is 0 Å². The average molecular weight is 245 g/mol. The van der Waals surface area contributed by atoms with E-state index in [0.717, 1.165) is 11.1 Å². The summed E-state index contributed by atoms with van der Waals surface area (Å²) < 4.78 is 13.1. The molecule has 0 radical (unpaired) electrons. The summed E-state index contributed by atoms with van der Waals surface area (Å²) in [6, 6.07) is 5.65. The molecule has 0 bridgehead atoms. The number of hydrogen-bond acceptors (Lipinski definition) is 3. The van der Waals surface area contributed by atoms with Gasteiger partial charge in [-0.25, -0.2) is 4.39 Å². The summed E-state index contributed by atoms with van der Waals surface area (Å²) in [5.74, 6) is -0.308. The predicted octanol–water partition coefficient (Wildman–Crippen LogP) is 3.03. The van der Waals surface area contributed by atoms with Crippen molar-refractivity contribution in [3.63, 3.8) is 0 Å². The van der Waals surface area contributed by atoms with Crippen LogP contribution in [0, 0.1) is 5.82 Å². The van der Waals surface area contributed by atoms with E-state index < -0.39 is 0 Å². The fourth-order valence-electron chi connectivity index (χ4n) is 1.88. The van der Waals surface area contributed by atoms with Crippen LogP contribution in [-0.2, 0) is 0 Å². The molecule has 1 unspecified atom stereocenters. The second-order valence-electron chi connectivity index (χ2n) is 4.33.